The van der Waals surface area contributed by atoms with Crippen molar-refractivity contribution in [3.63, 3.8) is 0 Å². The molecule has 9 heteroatoms. The van der Waals surface area contributed by atoms with Crippen LogP contribution in [0.15, 0.2) is 89.1 Å². The number of methoxy groups -OCH3 is 1. The minimum Gasteiger partial charge on any atom is -0.497 e. The van der Waals surface area contributed by atoms with Gasteiger partial charge in [-0.25, -0.2) is 13.4 Å². The molecule has 0 aliphatic rings. The smallest absolute Gasteiger partial charge is 0.261 e. The Morgan fingerprint density at radius 2 is 1.62 bits per heavy atom. The summed E-state index contributed by atoms with van der Waals surface area (Å²) < 4.78 is 32.6. The first-order valence-electron chi connectivity index (χ1n) is 9.54. The normalized spacial score (nSPS) is 11.0. The van der Waals surface area contributed by atoms with E-state index < -0.39 is 10.0 Å². The summed E-state index contributed by atoms with van der Waals surface area (Å²) in [7, 11) is -2.25. The number of thiazole rings is 1. The molecule has 7 nitrogen and oxygen atoms in total. The van der Waals surface area contributed by atoms with Crippen molar-refractivity contribution in [1.29, 1.82) is 0 Å². The molecule has 162 valence electrons. The van der Waals surface area contributed by atoms with Crippen LogP contribution >= 0.6 is 11.3 Å². The molecule has 0 spiro atoms. The highest BCUT2D eigenvalue weighted by Crippen LogP contribution is 2.25. The average molecular weight is 466 g/mol. The number of nitrogens with zero attached hydrogens (tertiary/aromatic N) is 1. The van der Waals surface area contributed by atoms with Crippen LogP contribution < -0.4 is 14.8 Å². The zero-order valence-electron chi connectivity index (χ0n) is 17.0. The van der Waals surface area contributed by atoms with E-state index in [1.165, 1.54) is 42.7 Å². The Kier molecular flexibility index (Phi) is 6.20. The van der Waals surface area contributed by atoms with Crippen molar-refractivity contribution in [2.45, 2.75) is 4.90 Å². The molecule has 32 heavy (non-hydrogen) atoms. The largest absolute Gasteiger partial charge is 0.497 e. The molecule has 4 aromatic rings. The van der Waals surface area contributed by atoms with Gasteiger partial charge in [0.15, 0.2) is 5.13 Å². The maximum Gasteiger partial charge on any atom is 0.261 e. The molecule has 1 aromatic heterocycles. The standard InChI is InChI=1S/C23H19N3O4S2/c1-30-19-11-13-20(14-12-19)32(28,29)26-18-9-7-17(8-10-18)22(27)25-23-24-21(15-31-23)16-5-3-2-4-6-16/h2-15,26H,1H3,(H,24,25,27). The molecule has 0 radical (unpaired) electrons. The summed E-state index contributed by atoms with van der Waals surface area (Å²) in [4.78, 5) is 17.1. The lowest BCUT2D eigenvalue weighted by molar-refractivity contribution is 0.102. The summed E-state index contributed by atoms with van der Waals surface area (Å²) in [6, 6.07) is 21.9. The number of amides is 1. The highest BCUT2D eigenvalue weighted by atomic mass is 32.2. The van der Waals surface area contributed by atoms with Crippen molar-refractivity contribution in [1.82, 2.24) is 4.98 Å². The second-order valence-corrected chi connectivity index (χ2v) is 9.26. The minimum atomic E-state index is -3.76. The van der Waals surface area contributed by atoms with Gasteiger partial charge >= 0.3 is 0 Å². The number of nitrogens with one attached hydrogen (secondary N) is 2. The predicted molar refractivity (Wildman–Crippen MR) is 126 cm³/mol. The Balaban J connectivity index is 1.42. The van der Waals surface area contributed by atoms with E-state index in [0.29, 0.717) is 22.1 Å². The third-order valence-corrected chi connectivity index (χ3v) is 6.72. The van der Waals surface area contributed by atoms with E-state index in [0.717, 1.165) is 11.3 Å². The predicted octanol–water partition coefficient (Wildman–Crippen LogP) is 4.87. The zero-order chi connectivity index (χ0) is 22.6. The van der Waals surface area contributed by atoms with E-state index in [-0.39, 0.29) is 10.8 Å². The first-order chi connectivity index (χ1) is 15.4. The molecule has 0 fully saturated rings. The van der Waals surface area contributed by atoms with Crippen LogP contribution in [0.25, 0.3) is 11.3 Å². The van der Waals surface area contributed by atoms with Crippen LogP contribution in [0.4, 0.5) is 10.8 Å². The van der Waals surface area contributed by atoms with E-state index in [1.54, 1.807) is 24.3 Å². The molecule has 4 rings (SSSR count). The summed E-state index contributed by atoms with van der Waals surface area (Å²) in [5.41, 5.74) is 2.48. The van der Waals surface area contributed by atoms with Gasteiger partial charge in [0.05, 0.1) is 17.7 Å². The molecule has 0 saturated carbocycles. The number of hydrogen-bond donors (Lipinski definition) is 2. The van der Waals surface area contributed by atoms with Crippen LogP contribution in [0.3, 0.4) is 0 Å². The molecular weight excluding hydrogens is 446 g/mol. The number of rotatable bonds is 7. The summed E-state index contributed by atoms with van der Waals surface area (Å²) >= 11 is 1.33. The van der Waals surface area contributed by atoms with Crippen molar-refractivity contribution >= 4 is 38.1 Å². The topological polar surface area (TPSA) is 97.4 Å². The number of hydrogen-bond acceptors (Lipinski definition) is 6. The number of aromatic nitrogens is 1. The molecule has 0 bridgehead atoms. The lowest BCUT2D eigenvalue weighted by Gasteiger charge is -2.09. The Morgan fingerprint density at radius 1 is 0.938 bits per heavy atom. The number of ether oxygens (including phenoxy) is 1. The van der Waals surface area contributed by atoms with Crippen LogP contribution in [-0.4, -0.2) is 26.4 Å². The van der Waals surface area contributed by atoms with E-state index >= 15 is 0 Å². The first-order valence-corrected chi connectivity index (χ1v) is 11.9. The second kappa shape index (κ2) is 9.21. The summed E-state index contributed by atoms with van der Waals surface area (Å²) in [6.45, 7) is 0. The Labute approximate surface area is 189 Å². The third kappa shape index (κ3) is 4.96. The number of carbonyl (C=O) groups is 1. The van der Waals surface area contributed by atoms with E-state index in [2.05, 4.69) is 15.0 Å². The lowest BCUT2D eigenvalue weighted by Crippen LogP contribution is -2.14. The minimum absolute atomic E-state index is 0.109. The van der Waals surface area contributed by atoms with Crippen LogP contribution in [0.5, 0.6) is 5.75 Å². The summed E-state index contributed by atoms with van der Waals surface area (Å²) in [6.07, 6.45) is 0. The fourth-order valence-electron chi connectivity index (χ4n) is 2.90. The maximum atomic E-state index is 12.5. The quantitative estimate of drug-likeness (QED) is 0.406. The van der Waals surface area contributed by atoms with Crippen molar-refractivity contribution in [3.05, 3.63) is 89.8 Å². The monoisotopic (exact) mass is 465 g/mol. The van der Waals surface area contributed by atoms with Crippen molar-refractivity contribution in [3.8, 4) is 17.0 Å². The number of anilines is 2. The van der Waals surface area contributed by atoms with Crippen LogP contribution in [0, 0.1) is 0 Å². The number of benzene rings is 3. The van der Waals surface area contributed by atoms with Gasteiger partial charge in [0, 0.05) is 22.2 Å². The molecule has 0 aliphatic carbocycles. The van der Waals surface area contributed by atoms with Gasteiger partial charge in [-0.15, -0.1) is 11.3 Å². The molecule has 0 atom stereocenters. The lowest BCUT2D eigenvalue weighted by atomic mass is 10.2. The molecule has 0 saturated heterocycles. The molecule has 2 N–H and O–H groups in total. The van der Waals surface area contributed by atoms with Gasteiger partial charge in [0.25, 0.3) is 15.9 Å². The van der Waals surface area contributed by atoms with E-state index in [9.17, 15) is 13.2 Å². The van der Waals surface area contributed by atoms with Gasteiger partial charge < -0.3 is 4.74 Å². The number of carbonyl (C=O) groups excluding carboxylic acids is 1. The van der Waals surface area contributed by atoms with Crippen LogP contribution in [-0.2, 0) is 10.0 Å². The highest BCUT2D eigenvalue weighted by molar-refractivity contribution is 7.92. The van der Waals surface area contributed by atoms with Gasteiger partial charge in [-0.3, -0.25) is 14.8 Å². The van der Waals surface area contributed by atoms with Crippen molar-refractivity contribution in [2.75, 3.05) is 17.1 Å². The van der Waals surface area contributed by atoms with E-state index in [1.807, 2.05) is 35.7 Å². The van der Waals surface area contributed by atoms with Crippen LogP contribution in [0.2, 0.25) is 0 Å². The Bertz CT molecular complexity index is 1320. The Morgan fingerprint density at radius 3 is 2.28 bits per heavy atom. The molecule has 1 heterocycles. The molecule has 3 aromatic carbocycles. The fourth-order valence-corrected chi connectivity index (χ4v) is 4.67. The van der Waals surface area contributed by atoms with Gasteiger partial charge in [-0.05, 0) is 48.5 Å². The number of sulfonamides is 1. The Hall–Kier alpha value is -3.69. The van der Waals surface area contributed by atoms with Crippen molar-refractivity contribution < 1.29 is 17.9 Å². The van der Waals surface area contributed by atoms with Gasteiger partial charge in [0.1, 0.15) is 5.75 Å². The molecule has 0 aliphatic heterocycles. The van der Waals surface area contributed by atoms with Crippen LogP contribution in [0.1, 0.15) is 10.4 Å². The molecule has 0 unspecified atom stereocenters. The van der Waals surface area contributed by atoms with Gasteiger partial charge in [0.2, 0.25) is 0 Å². The fraction of sp³-hybridized carbons (Fsp3) is 0.0435. The van der Waals surface area contributed by atoms with Crippen molar-refractivity contribution in [2.24, 2.45) is 0 Å². The van der Waals surface area contributed by atoms with Gasteiger partial charge in [-0.2, -0.15) is 0 Å². The second-order valence-electron chi connectivity index (χ2n) is 6.72. The third-order valence-electron chi connectivity index (χ3n) is 4.56. The summed E-state index contributed by atoms with van der Waals surface area (Å²) in [5.74, 6) is 0.235. The average Bonchev–Trinajstić information content (AvgIpc) is 3.28. The maximum absolute atomic E-state index is 12.5. The summed E-state index contributed by atoms with van der Waals surface area (Å²) in [5, 5.41) is 5.13. The SMILES string of the molecule is COc1ccc(S(=O)(=O)Nc2ccc(C(=O)Nc3nc(-c4ccccc4)cs3)cc2)cc1. The van der Waals surface area contributed by atoms with E-state index in [4.69, 9.17) is 4.74 Å². The highest BCUT2D eigenvalue weighted by Gasteiger charge is 2.15. The molecular formula is C23H19N3O4S2. The molecule has 1 amide bonds. The van der Waals surface area contributed by atoms with Gasteiger partial charge in [-0.1, -0.05) is 30.3 Å². The first kappa shape index (κ1) is 21.5. The zero-order valence-corrected chi connectivity index (χ0v) is 18.6.